The predicted molar refractivity (Wildman–Crippen MR) is 88.1 cm³/mol. The molecule has 1 heterocycles. The standard InChI is InChI=1S/C17H26N2O4/c1-22-15-5-6-16(23-2)14(12-15)13-19-10-8-18(9-11-19)7-3-4-17(20)21/h5-6,12H,3-4,7-11,13H2,1-2H3,(H,20,21). The second kappa shape index (κ2) is 8.74. The fraction of sp³-hybridized carbons (Fsp3) is 0.588. The average Bonchev–Trinajstić information content (AvgIpc) is 2.56. The van der Waals surface area contributed by atoms with Gasteiger partial charge in [0.15, 0.2) is 0 Å². The lowest BCUT2D eigenvalue weighted by Crippen LogP contribution is -2.46. The van der Waals surface area contributed by atoms with Gasteiger partial charge >= 0.3 is 5.97 Å². The van der Waals surface area contributed by atoms with E-state index in [9.17, 15) is 4.79 Å². The maximum absolute atomic E-state index is 10.6. The van der Waals surface area contributed by atoms with Gasteiger partial charge in [-0.05, 0) is 31.2 Å². The quantitative estimate of drug-likeness (QED) is 0.786. The van der Waals surface area contributed by atoms with E-state index < -0.39 is 5.97 Å². The van der Waals surface area contributed by atoms with E-state index in [4.69, 9.17) is 14.6 Å². The highest BCUT2D eigenvalue weighted by molar-refractivity contribution is 5.66. The molecule has 0 radical (unpaired) electrons. The van der Waals surface area contributed by atoms with Gasteiger partial charge in [-0.1, -0.05) is 0 Å². The van der Waals surface area contributed by atoms with Crippen LogP contribution in [0.3, 0.4) is 0 Å². The third-order valence-electron chi connectivity index (χ3n) is 4.21. The van der Waals surface area contributed by atoms with Crippen LogP contribution in [-0.4, -0.2) is 67.8 Å². The van der Waals surface area contributed by atoms with Crippen LogP contribution in [0, 0.1) is 0 Å². The van der Waals surface area contributed by atoms with Gasteiger partial charge in [0.25, 0.3) is 0 Å². The molecule has 1 aliphatic rings. The summed E-state index contributed by atoms with van der Waals surface area (Å²) in [7, 11) is 3.35. The zero-order chi connectivity index (χ0) is 16.7. The molecule has 1 aromatic rings. The second-order valence-corrected chi connectivity index (χ2v) is 5.79. The van der Waals surface area contributed by atoms with Gasteiger partial charge in [-0.3, -0.25) is 9.69 Å². The van der Waals surface area contributed by atoms with Crippen LogP contribution < -0.4 is 9.47 Å². The Morgan fingerprint density at radius 2 is 1.83 bits per heavy atom. The molecular weight excluding hydrogens is 296 g/mol. The van der Waals surface area contributed by atoms with Gasteiger partial charge in [0, 0.05) is 44.7 Å². The normalized spacial score (nSPS) is 16.3. The van der Waals surface area contributed by atoms with Gasteiger partial charge in [-0.2, -0.15) is 0 Å². The number of carboxylic acids is 1. The molecule has 23 heavy (non-hydrogen) atoms. The molecule has 1 aliphatic heterocycles. The molecule has 2 rings (SSSR count). The van der Waals surface area contributed by atoms with E-state index in [-0.39, 0.29) is 6.42 Å². The minimum Gasteiger partial charge on any atom is -0.497 e. The monoisotopic (exact) mass is 322 g/mol. The number of carbonyl (C=O) groups is 1. The highest BCUT2D eigenvalue weighted by atomic mass is 16.5. The summed E-state index contributed by atoms with van der Waals surface area (Å²) in [5.74, 6) is 1.01. The van der Waals surface area contributed by atoms with Crippen LogP contribution >= 0.6 is 0 Å². The molecule has 128 valence electrons. The third kappa shape index (κ3) is 5.41. The van der Waals surface area contributed by atoms with Gasteiger partial charge in [0.1, 0.15) is 11.5 Å². The number of hydrogen-bond acceptors (Lipinski definition) is 5. The van der Waals surface area contributed by atoms with Crippen molar-refractivity contribution in [3.05, 3.63) is 23.8 Å². The van der Waals surface area contributed by atoms with Crippen LogP contribution in [0.25, 0.3) is 0 Å². The summed E-state index contributed by atoms with van der Waals surface area (Å²) in [6, 6.07) is 5.87. The minimum absolute atomic E-state index is 0.251. The summed E-state index contributed by atoms with van der Waals surface area (Å²) in [6.07, 6.45) is 0.972. The first-order valence-electron chi connectivity index (χ1n) is 7.99. The lowest BCUT2D eigenvalue weighted by molar-refractivity contribution is -0.137. The van der Waals surface area contributed by atoms with Crippen molar-refractivity contribution in [3.8, 4) is 11.5 Å². The molecule has 0 bridgehead atoms. The fourth-order valence-electron chi connectivity index (χ4n) is 2.87. The number of piperazine rings is 1. The van der Waals surface area contributed by atoms with Crippen molar-refractivity contribution in [1.29, 1.82) is 0 Å². The zero-order valence-electron chi connectivity index (χ0n) is 14.0. The van der Waals surface area contributed by atoms with Crippen LogP contribution in [0.4, 0.5) is 0 Å². The van der Waals surface area contributed by atoms with Crippen LogP contribution in [0.2, 0.25) is 0 Å². The van der Waals surface area contributed by atoms with Crippen LogP contribution in [0.1, 0.15) is 18.4 Å². The zero-order valence-corrected chi connectivity index (χ0v) is 14.0. The van der Waals surface area contributed by atoms with Crippen LogP contribution in [0.15, 0.2) is 18.2 Å². The Bertz CT molecular complexity index is 513. The summed E-state index contributed by atoms with van der Waals surface area (Å²) in [6.45, 7) is 5.62. The molecule has 0 aromatic heterocycles. The van der Waals surface area contributed by atoms with Crippen molar-refractivity contribution in [2.24, 2.45) is 0 Å². The third-order valence-corrected chi connectivity index (χ3v) is 4.21. The Balaban J connectivity index is 1.83. The Kier molecular flexibility index (Phi) is 6.67. The summed E-state index contributed by atoms with van der Waals surface area (Å²) < 4.78 is 10.7. The van der Waals surface area contributed by atoms with Crippen molar-refractivity contribution >= 4 is 5.97 Å². The number of ether oxygens (including phenoxy) is 2. The number of hydrogen-bond donors (Lipinski definition) is 1. The van der Waals surface area contributed by atoms with Gasteiger partial charge in [0.05, 0.1) is 14.2 Å². The maximum Gasteiger partial charge on any atom is 0.303 e. The first kappa shape index (κ1) is 17.6. The molecule has 1 fully saturated rings. The second-order valence-electron chi connectivity index (χ2n) is 5.79. The number of benzene rings is 1. The number of carboxylic acid groups (broad SMARTS) is 1. The van der Waals surface area contributed by atoms with E-state index in [1.54, 1.807) is 14.2 Å². The Hall–Kier alpha value is -1.79. The Morgan fingerprint density at radius 1 is 1.13 bits per heavy atom. The van der Waals surface area contributed by atoms with Crippen molar-refractivity contribution in [1.82, 2.24) is 9.80 Å². The average molecular weight is 322 g/mol. The molecule has 0 atom stereocenters. The van der Waals surface area contributed by atoms with E-state index in [2.05, 4.69) is 9.80 Å². The first-order chi connectivity index (χ1) is 11.1. The van der Waals surface area contributed by atoms with Crippen molar-refractivity contribution in [3.63, 3.8) is 0 Å². The number of aliphatic carboxylic acids is 1. The predicted octanol–water partition coefficient (Wildman–Crippen LogP) is 1.69. The van der Waals surface area contributed by atoms with Crippen LogP contribution in [0.5, 0.6) is 11.5 Å². The van der Waals surface area contributed by atoms with Crippen molar-refractivity contribution in [2.45, 2.75) is 19.4 Å². The molecule has 0 spiro atoms. The van der Waals surface area contributed by atoms with E-state index >= 15 is 0 Å². The summed E-state index contributed by atoms with van der Waals surface area (Å²) in [5, 5.41) is 8.69. The molecule has 1 aromatic carbocycles. The smallest absolute Gasteiger partial charge is 0.303 e. The van der Waals surface area contributed by atoms with Crippen molar-refractivity contribution < 1.29 is 19.4 Å². The van der Waals surface area contributed by atoms with E-state index in [1.807, 2.05) is 18.2 Å². The molecule has 0 aliphatic carbocycles. The van der Waals surface area contributed by atoms with Crippen LogP contribution in [-0.2, 0) is 11.3 Å². The molecule has 6 heteroatoms. The van der Waals surface area contributed by atoms with Gasteiger partial charge in [-0.25, -0.2) is 0 Å². The number of methoxy groups -OCH3 is 2. The molecule has 1 N–H and O–H groups in total. The molecule has 0 amide bonds. The largest absolute Gasteiger partial charge is 0.497 e. The highest BCUT2D eigenvalue weighted by Crippen LogP contribution is 2.25. The fourth-order valence-corrected chi connectivity index (χ4v) is 2.87. The van der Waals surface area contributed by atoms with Crippen molar-refractivity contribution in [2.75, 3.05) is 46.9 Å². The highest BCUT2D eigenvalue weighted by Gasteiger charge is 2.18. The lowest BCUT2D eigenvalue weighted by Gasteiger charge is -2.34. The molecular formula is C17H26N2O4. The lowest BCUT2D eigenvalue weighted by atomic mass is 10.1. The summed E-state index contributed by atoms with van der Waals surface area (Å²) in [5.41, 5.74) is 1.13. The van der Waals surface area contributed by atoms with E-state index in [0.29, 0.717) is 0 Å². The SMILES string of the molecule is COc1ccc(OC)c(CN2CCN(CCCC(=O)O)CC2)c1. The maximum atomic E-state index is 10.6. The molecule has 0 saturated carbocycles. The Morgan fingerprint density at radius 3 is 2.43 bits per heavy atom. The topological polar surface area (TPSA) is 62.2 Å². The van der Waals surface area contributed by atoms with Gasteiger partial charge in [-0.15, -0.1) is 0 Å². The summed E-state index contributed by atoms with van der Waals surface area (Å²) >= 11 is 0. The Labute approximate surface area is 137 Å². The number of rotatable bonds is 8. The molecule has 6 nitrogen and oxygen atoms in total. The van der Waals surface area contributed by atoms with Gasteiger partial charge < -0.3 is 19.5 Å². The number of nitrogens with zero attached hydrogens (tertiary/aromatic N) is 2. The van der Waals surface area contributed by atoms with E-state index in [0.717, 1.165) is 62.8 Å². The molecule has 1 saturated heterocycles. The first-order valence-corrected chi connectivity index (χ1v) is 7.99. The van der Waals surface area contributed by atoms with Gasteiger partial charge in [0.2, 0.25) is 0 Å². The van der Waals surface area contributed by atoms with E-state index in [1.165, 1.54) is 0 Å². The summed E-state index contributed by atoms with van der Waals surface area (Å²) in [4.78, 5) is 15.3. The molecule has 0 unspecified atom stereocenters. The minimum atomic E-state index is -0.714.